The van der Waals surface area contributed by atoms with Gasteiger partial charge < -0.3 is 25.6 Å². The average molecular weight is 770 g/mol. The minimum Gasteiger partial charge on any atom is -0.481 e. The van der Waals surface area contributed by atoms with Crippen LogP contribution < -0.4 is 20.7 Å². The third-order valence-electron chi connectivity index (χ3n) is 11.1. The molecule has 1 saturated heterocycles. The van der Waals surface area contributed by atoms with Crippen molar-refractivity contribution in [1.82, 2.24) is 20.5 Å². The number of nitrogens with zero attached hydrogens (tertiary/aromatic N) is 2. The van der Waals surface area contributed by atoms with Gasteiger partial charge in [-0.25, -0.2) is 9.78 Å². The molecule has 9 nitrogen and oxygen atoms in total. The van der Waals surface area contributed by atoms with Crippen molar-refractivity contribution in [2.45, 2.75) is 104 Å². The smallest absolute Gasteiger partial charge is 0.315 e. The van der Waals surface area contributed by atoms with E-state index in [1.807, 2.05) is 56.3 Å². The number of aryl methyl sites for hydroxylation is 1. The lowest BCUT2D eigenvalue weighted by Crippen LogP contribution is -2.58. The maximum absolute atomic E-state index is 13.2. The van der Waals surface area contributed by atoms with Crippen LogP contribution in [0.2, 0.25) is 5.02 Å². The van der Waals surface area contributed by atoms with Crippen molar-refractivity contribution in [3.63, 3.8) is 0 Å². The Morgan fingerprint density at radius 3 is 2.49 bits per heavy atom. The average Bonchev–Trinajstić information content (AvgIpc) is 3.56. The van der Waals surface area contributed by atoms with Gasteiger partial charge >= 0.3 is 6.03 Å². The molecule has 2 aromatic carbocycles. The number of allylic oxidation sites excluding steroid dienone is 3. The number of hydrogen-bond donors (Lipinski definition) is 3. The molecule has 2 heterocycles. The summed E-state index contributed by atoms with van der Waals surface area (Å²) in [6.07, 6.45) is 13.7. The predicted molar refractivity (Wildman–Crippen MR) is 226 cm³/mol. The summed E-state index contributed by atoms with van der Waals surface area (Å²) in [7, 11) is 4.91. The second-order valence-electron chi connectivity index (χ2n) is 15.1. The molecule has 296 valence electrons. The van der Waals surface area contributed by atoms with Gasteiger partial charge in [0.25, 0.3) is 11.8 Å². The molecule has 3 unspecified atom stereocenters. The number of fused-ring (bicyclic) bond motifs is 1. The number of amides is 4. The monoisotopic (exact) mass is 769 g/mol. The molecule has 0 saturated carbocycles. The predicted octanol–water partition coefficient (Wildman–Crippen LogP) is 10.0. The minimum atomic E-state index is -0.469. The van der Waals surface area contributed by atoms with Crippen molar-refractivity contribution < 1.29 is 19.1 Å². The largest absolute Gasteiger partial charge is 0.481 e. The summed E-state index contributed by atoms with van der Waals surface area (Å²) >= 11 is 7.05. The second kappa shape index (κ2) is 19.8. The van der Waals surface area contributed by atoms with Crippen molar-refractivity contribution >= 4 is 35.1 Å². The van der Waals surface area contributed by atoms with Crippen LogP contribution in [0, 0.1) is 12.8 Å². The first kappa shape index (κ1) is 43.1. The Morgan fingerprint density at radius 1 is 1.13 bits per heavy atom. The number of benzene rings is 2. The highest BCUT2D eigenvalue weighted by molar-refractivity contribution is 6.36. The van der Waals surface area contributed by atoms with E-state index in [1.54, 1.807) is 33.4 Å². The van der Waals surface area contributed by atoms with Crippen LogP contribution in [0.15, 0.2) is 66.3 Å². The first-order chi connectivity index (χ1) is 26.3. The van der Waals surface area contributed by atoms with Gasteiger partial charge in [0.05, 0.1) is 17.8 Å². The number of methoxy groups -OCH3 is 1. The fraction of sp³-hybridized carbons (Fsp3) is 0.467. The SMILES string of the molecule is CC/C=C/C=C(/C(=O)Nc1cccc(-c2cccc(-c3cc4c(c(OC)n3)C(C)CC4)c2Cl)c1C)C(=O)N(C)C.CCC(C)CCC1(CC)CCNC(=O)N1. The van der Waals surface area contributed by atoms with Crippen LogP contribution in [0.4, 0.5) is 10.5 Å². The molecule has 1 aromatic heterocycles. The van der Waals surface area contributed by atoms with E-state index in [4.69, 9.17) is 21.3 Å². The summed E-state index contributed by atoms with van der Waals surface area (Å²) in [4.78, 5) is 43.5. The van der Waals surface area contributed by atoms with E-state index < -0.39 is 5.91 Å². The number of halogens is 1. The number of ether oxygens (including phenoxy) is 1. The first-order valence-corrected chi connectivity index (χ1v) is 20.1. The van der Waals surface area contributed by atoms with Gasteiger partial charge in [-0.2, -0.15) is 0 Å². The van der Waals surface area contributed by atoms with Crippen molar-refractivity contribution in [3.8, 4) is 28.3 Å². The molecule has 1 aliphatic heterocycles. The molecule has 3 atom stereocenters. The Bertz CT molecular complexity index is 1900. The summed E-state index contributed by atoms with van der Waals surface area (Å²) in [6.45, 7) is 13.6. The maximum Gasteiger partial charge on any atom is 0.315 e. The van der Waals surface area contributed by atoms with Crippen LogP contribution in [-0.4, -0.2) is 61.0 Å². The number of urea groups is 1. The van der Waals surface area contributed by atoms with Crippen molar-refractivity contribution in [3.05, 3.63) is 88.0 Å². The third kappa shape index (κ3) is 10.6. The van der Waals surface area contributed by atoms with Crippen LogP contribution >= 0.6 is 11.6 Å². The number of hydrogen-bond acceptors (Lipinski definition) is 5. The van der Waals surface area contributed by atoms with Crippen LogP contribution in [-0.2, 0) is 16.0 Å². The number of anilines is 1. The highest BCUT2D eigenvalue weighted by atomic mass is 35.5. The minimum absolute atomic E-state index is 0.00671. The van der Waals surface area contributed by atoms with Gasteiger partial charge in [-0.3, -0.25) is 9.59 Å². The molecule has 0 spiro atoms. The molecule has 4 amide bonds. The lowest BCUT2D eigenvalue weighted by atomic mass is 9.83. The fourth-order valence-electron chi connectivity index (χ4n) is 7.22. The number of nitrogens with one attached hydrogen (secondary N) is 3. The topological polar surface area (TPSA) is 113 Å². The molecule has 3 aromatic rings. The molecule has 0 bridgehead atoms. The van der Waals surface area contributed by atoms with E-state index >= 15 is 0 Å². The Balaban J connectivity index is 0.000000376. The molecule has 2 aliphatic rings. The molecule has 55 heavy (non-hydrogen) atoms. The maximum atomic E-state index is 13.2. The molecule has 1 fully saturated rings. The van der Waals surface area contributed by atoms with E-state index in [0.717, 1.165) is 78.9 Å². The molecule has 1 aliphatic carbocycles. The molecular weight excluding hydrogens is 710 g/mol. The summed E-state index contributed by atoms with van der Waals surface area (Å²) in [6, 6.07) is 13.7. The normalized spacial score (nSPS) is 18.4. The summed E-state index contributed by atoms with van der Waals surface area (Å²) < 4.78 is 5.67. The number of carbonyl (C=O) groups is 3. The molecule has 0 radical (unpaired) electrons. The Hall–Kier alpha value is -4.63. The molecule has 3 N–H and O–H groups in total. The molecule has 10 heteroatoms. The van der Waals surface area contributed by atoms with Crippen molar-refractivity contribution in [1.29, 1.82) is 0 Å². The highest BCUT2D eigenvalue weighted by Gasteiger charge is 2.33. The Morgan fingerprint density at radius 2 is 1.84 bits per heavy atom. The fourth-order valence-corrected chi connectivity index (χ4v) is 7.55. The first-order valence-electron chi connectivity index (χ1n) is 19.7. The Labute approximate surface area is 333 Å². The number of aromatic nitrogens is 1. The standard InChI is InChI=1S/C33H36ClN3O3.C12H24N2O/c1-7-8-9-12-26(33(39)37(4)5)31(38)35-27-16-11-13-23(21(27)3)24-14-10-15-25(30(24)34)28-19-22-18-17-20(2)29(22)32(36-28)40-6;1-4-10(3)6-7-12(5-2)8-9-13-11(15)14-12/h8-16,19-20H,7,17-18H2,1-6H3,(H,35,38);10H,4-9H2,1-3H3,(H2,13,14,15)/b9-8+,26-12-;. The summed E-state index contributed by atoms with van der Waals surface area (Å²) in [5.41, 5.74) is 7.29. The third-order valence-corrected chi connectivity index (χ3v) is 11.5. The molecule has 5 rings (SSSR count). The summed E-state index contributed by atoms with van der Waals surface area (Å²) in [5, 5.41) is 9.44. The quantitative estimate of drug-likeness (QED) is 0.0694. The van der Waals surface area contributed by atoms with Crippen LogP contribution in [0.25, 0.3) is 22.4 Å². The zero-order valence-corrected chi connectivity index (χ0v) is 35.0. The van der Waals surface area contributed by atoms with E-state index in [2.05, 4.69) is 49.7 Å². The van der Waals surface area contributed by atoms with Gasteiger partial charge in [0.15, 0.2) is 0 Å². The van der Waals surface area contributed by atoms with Crippen LogP contribution in [0.1, 0.15) is 102 Å². The zero-order chi connectivity index (χ0) is 40.3. The van der Waals surface area contributed by atoms with Gasteiger partial charge in [0.2, 0.25) is 5.88 Å². The van der Waals surface area contributed by atoms with Gasteiger partial charge in [0.1, 0.15) is 5.57 Å². The summed E-state index contributed by atoms with van der Waals surface area (Å²) in [5.74, 6) is 1.00. The van der Waals surface area contributed by atoms with Gasteiger partial charge in [-0.15, -0.1) is 0 Å². The van der Waals surface area contributed by atoms with E-state index in [9.17, 15) is 14.4 Å². The zero-order valence-electron chi connectivity index (χ0n) is 34.2. The van der Waals surface area contributed by atoms with Crippen molar-refractivity contribution in [2.75, 3.05) is 33.1 Å². The lowest BCUT2D eigenvalue weighted by Gasteiger charge is -2.38. The lowest BCUT2D eigenvalue weighted by molar-refractivity contribution is -0.127. The molecular formula is C45H60ClN5O4. The second-order valence-corrected chi connectivity index (χ2v) is 15.4. The van der Waals surface area contributed by atoms with Crippen molar-refractivity contribution in [2.24, 2.45) is 5.92 Å². The number of likely N-dealkylation sites (N-methyl/N-ethyl adjacent to an activating group) is 1. The Kier molecular flexibility index (Phi) is 15.5. The number of carbonyl (C=O) groups excluding carboxylic acids is 3. The van der Waals surface area contributed by atoms with Crippen LogP contribution in [0.5, 0.6) is 5.88 Å². The van der Waals surface area contributed by atoms with Crippen LogP contribution in [0.3, 0.4) is 0 Å². The van der Waals surface area contributed by atoms with Gasteiger partial charge in [-0.05, 0) is 98.6 Å². The van der Waals surface area contributed by atoms with E-state index in [0.29, 0.717) is 22.5 Å². The van der Waals surface area contributed by atoms with E-state index in [-0.39, 0.29) is 23.1 Å². The van der Waals surface area contributed by atoms with Gasteiger partial charge in [0, 0.05) is 48.6 Å². The number of pyridine rings is 1. The van der Waals surface area contributed by atoms with Gasteiger partial charge in [-0.1, -0.05) is 95.1 Å². The highest BCUT2D eigenvalue weighted by Crippen LogP contribution is 2.43. The number of rotatable bonds is 13. The van der Waals surface area contributed by atoms with E-state index in [1.165, 1.54) is 28.9 Å².